The molecule has 0 amide bonds. The number of esters is 1. The van der Waals surface area contributed by atoms with Crippen molar-refractivity contribution in [2.45, 2.75) is 33.2 Å². The molecular weight excluding hydrogens is 142 g/mol. The maximum Gasteiger partial charge on any atom is 0.340 e. The summed E-state index contributed by atoms with van der Waals surface area (Å²) >= 11 is 0. The molecule has 1 aliphatic rings. The highest BCUT2D eigenvalue weighted by Gasteiger charge is 2.42. The zero-order valence-corrected chi connectivity index (χ0v) is 7.34. The van der Waals surface area contributed by atoms with Crippen molar-refractivity contribution in [3.05, 3.63) is 0 Å². The average Bonchev–Trinajstić information content (AvgIpc) is 2.08. The molecule has 0 N–H and O–H groups in total. The standard InChI is InChI=1S/C8H13NO2/c1-5(2)8(4)7(10)11-6(3)9-8/h5H,1-4H3. The number of hydrogen-bond donors (Lipinski definition) is 0. The molecule has 0 bridgehead atoms. The third-order valence-electron chi connectivity index (χ3n) is 2.17. The summed E-state index contributed by atoms with van der Waals surface area (Å²) in [6, 6.07) is 0. The van der Waals surface area contributed by atoms with Gasteiger partial charge in [-0.1, -0.05) is 13.8 Å². The molecule has 0 aromatic carbocycles. The Morgan fingerprint density at radius 2 is 2.09 bits per heavy atom. The van der Waals surface area contributed by atoms with Crippen molar-refractivity contribution in [2.24, 2.45) is 10.9 Å². The first kappa shape index (κ1) is 8.24. The van der Waals surface area contributed by atoms with Crippen LogP contribution in [-0.2, 0) is 9.53 Å². The highest BCUT2D eigenvalue weighted by molar-refractivity contribution is 5.98. The lowest BCUT2D eigenvalue weighted by molar-refractivity contribution is -0.139. The monoisotopic (exact) mass is 155 g/mol. The Morgan fingerprint density at radius 1 is 1.55 bits per heavy atom. The lowest BCUT2D eigenvalue weighted by Crippen LogP contribution is -2.35. The Balaban J connectivity index is 2.94. The fraction of sp³-hybridized carbons (Fsp3) is 0.750. The van der Waals surface area contributed by atoms with Crippen LogP contribution in [0.2, 0.25) is 0 Å². The van der Waals surface area contributed by atoms with Crippen LogP contribution in [0.3, 0.4) is 0 Å². The normalized spacial score (nSPS) is 30.6. The third kappa shape index (κ3) is 1.15. The zero-order valence-electron chi connectivity index (χ0n) is 7.34. The molecule has 3 nitrogen and oxygen atoms in total. The molecule has 0 spiro atoms. The van der Waals surface area contributed by atoms with Gasteiger partial charge in [0.25, 0.3) is 0 Å². The molecule has 0 aromatic heterocycles. The van der Waals surface area contributed by atoms with Crippen LogP contribution in [0.4, 0.5) is 0 Å². The van der Waals surface area contributed by atoms with E-state index in [1.807, 2.05) is 13.8 Å². The van der Waals surface area contributed by atoms with Crippen LogP contribution in [0.25, 0.3) is 0 Å². The number of nitrogens with zero attached hydrogens (tertiary/aromatic N) is 1. The Morgan fingerprint density at radius 3 is 2.27 bits per heavy atom. The molecular formula is C8H13NO2. The second-order valence-corrected chi connectivity index (χ2v) is 3.32. The number of carbonyl (C=O) groups is 1. The summed E-state index contributed by atoms with van der Waals surface area (Å²) in [5.41, 5.74) is -0.649. The van der Waals surface area contributed by atoms with Crippen LogP contribution in [-0.4, -0.2) is 17.4 Å². The molecule has 0 aromatic rings. The Labute approximate surface area is 66.5 Å². The van der Waals surface area contributed by atoms with Crippen LogP contribution < -0.4 is 0 Å². The van der Waals surface area contributed by atoms with E-state index in [4.69, 9.17) is 4.74 Å². The van der Waals surface area contributed by atoms with Gasteiger partial charge >= 0.3 is 5.97 Å². The quantitative estimate of drug-likeness (QED) is 0.536. The molecule has 1 aliphatic heterocycles. The van der Waals surface area contributed by atoms with E-state index in [2.05, 4.69) is 4.99 Å². The van der Waals surface area contributed by atoms with Gasteiger partial charge in [0.2, 0.25) is 0 Å². The minimum atomic E-state index is -0.649. The molecule has 0 radical (unpaired) electrons. The van der Waals surface area contributed by atoms with Gasteiger partial charge in [0.15, 0.2) is 11.4 Å². The van der Waals surface area contributed by atoms with E-state index >= 15 is 0 Å². The zero-order chi connectivity index (χ0) is 8.65. The van der Waals surface area contributed by atoms with Gasteiger partial charge in [0.05, 0.1) is 0 Å². The third-order valence-corrected chi connectivity index (χ3v) is 2.17. The van der Waals surface area contributed by atoms with Gasteiger partial charge in [-0.05, 0) is 12.8 Å². The van der Waals surface area contributed by atoms with Crippen LogP contribution >= 0.6 is 0 Å². The number of rotatable bonds is 1. The summed E-state index contributed by atoms with van der Waals surface area (Å²) in [6.45, 7) is 7.43. The van der Waals surface area contributed by atoms with Crippen LogP contribution in [0.15, 0.2) is 4.99 Å². The van der Waals surface area contributed by atoms with Crippen LogP contribution in [0, 0.1) is 5.92 Å². The van der Waals surface area contributed by atoms with Gasteiger partial charge in [-0.25, -0.2) is 9.79 Å². The minimum absolute atomic E-state index is 0.187. The Bertz CT molecular complexity index is 220. The predicted octanol–water partition coefficient (Wildman–Crippen LogP) is 1.38. The van der Waals surface area contributed by atoms with Gasteiger partial charge in [0, 0.05) is 6.92 Å². The largest absolute Gasteiger partial charge is 0.410 e. The number of cyclic esters (lactones) is 1. The van der Waals surface area contributed by atoms with Crippen molar-refractivity contribution < 1.29 is 9.53 Å². The molecule has 11 heavy (non-hydrogen) atoms. The fourth-order valence-corrected chi connectivity index (χ4v) is 0.998. The molecule has 1 unspecified atom stereocenters. The van der Waals surface area contributed by atoms with Gasteiger partial charge < -0.3 is 4.74 Å². The highest BCUT2D eigenvalue weighted by Crippen LogP contribution is 2.27. The second kappa shape index (κ2) is 2.32. The maximum atomic E-state index is 11.2. The lowest BCUT2D eigenvalue weighted by atomic mass is 9.90. The van der Waals surface area contributed by atoms with Gasteiger partial charge in [0.1, 0.15) is 0 Å². The van der Waals surface area contributed by atoms with Crippen molar-refractivity contribution >= 4 is 11.9 Å². The smallest absolute Gasteiger partial charge is 0.340 e. The van der Waals surface area contributed by atoms with Gasteiger partial charge in [-0.2, -0.15) is 0 Å². The number of carbonyl (C=O) groups excluding carboxylic acids is 1. The molecule has 1 rings (SSSR count). The summed E-state index contributed by atoms with van der Waals surface area (Å²) in [5.74, 6) is 0.434. The molecule has 0 saturated carbocycles. The van der Waals surface area contributed by atoms with E-state index in [0.29, 0.717) is 5.90 Å². The molecule has 1 atom stereocenters. The number of hydrogen-bond acceptors (Lipinski definition) is 3. The average molecular weight is 155 g/mol. The van der Waals surface area contributed by atoms with Crippen molar-refractivity contribution in [1.29, 1.82) is 0 Å². The first-order valence-electron chi connectivity index (χ1n) is 3.75. The molecule has 0 saturated heterocycles. The second-order valence-electron chi connectivity index (χ2n) is 3.32. The van der Waals surface area contributed by atoms with Crippen LogP contribution in [0.1, 0.15) is 27.7 Å². The molecule has 3 heteroatoms. The Kier molecular flexibility index (Phi) is 1.74. The minimum Gasteiger partial charge on any atom is -0.410 e. The Hall–Kier alpha value is -0.860. The summed E-state index contributed by atoms with van der Waals surface area (Å²) in [4.78, 5) is 15.4. The van der Waals surface area contributed by atoms with E-state index in [-0.39, 0.29) is 11.9 Å². The fourth-order valence-electron chi connectivity index (χ4n) is 0.998. The van der Waals surface area contributed by atoms with Crippen molar-refractivity contribution in [3.8, 4) is 0 Å². The molecule has 62 valence electrons. The summed E-state index contributed by atoms with van der Waals surface area (Å²) in [7, 11) is 0. The first-order chi connectivity index (χ1) is 4.97. The molecule has 1 heterocycles. The predicted molar refractivity (Wildman–Crippen MR) is 42.4 cm³/mol. The maximum absolute atomic E-state index is 11.2. The van der Waals surface area contributed by atoms with E-state index < -0.39 is 5.54 Å². The highest BCUT2D eigenvalue weighted by atomic mass is 16.6. The number of ether oxygens (including phenoxy) is 1. The van der Waals surface area contributed by atoms with E-state index in [0.717, 1.165) is 0 Å². The summed E-state index contributed by atoms with van der Waals surface area (Å²) in [5, 5.41) is 0. The number of aliphatic imine (C=N–C) groups is 1. The van der Waals surface area contributed by atoms with E-state index in [9.17, 15) is 4.79 Å². The van der Waals surface area contributed by atoms with Gasteiger partial charge in [-0.15, -0.1) is 0 Å². The topological polar surface area (TPSA) is 38.7 Å². The molecule has 0 fully saturated rings. The lowest BCUT2D eigenvalue weighted by Gasteiger charge is -2.19. The first-order valence-corrected chi connectivity index (χ1v) is 3.75. The summed E-state index contributed by atoms with van der Waals surface area (Å²) < 4.78 is 4.85. The van der Waals surface area contributed by atoms with Crippen LogP contribution in [0.5, 0.6) is 0 Å². The van der Waals surface area contributed by atoms with Gasteiger partial charge in [-0.3, -0.25) is 0 Å². The molecule has 0 aliphatic carbocycles. The van der Waals surface area contributed by atoms with E-state index in [1.165, 1.54) is 0 Å². The van der Waals surface area contributed by atoms with Crippen molar-refractivity contribution in [2.75, 3.05) is 0 Å². The van der Waals surface area contributed by atoms with E-state index in [1.54, 1.807) is 13.8 Å². The summed E-state index contributed by atoms with van der Waals surface area (Å²) in [6.07, 6.45) is 0. The van der Waals surface area contributed by atoms with Crippen molar-refractivity contribution in [1.82, 2.24) is 0 Å². The van der Waals surface area contributed by atoms with Crippen molar-refractivity contribution in [3.63, 3.8) is 0 Å². The SMILES string of the molecule is CC1=NC(C)(C(C)C)C(=O)O1.